The Kier molecular flexibility index (Phi) is 3.19. The van der Waals surface area contributed by atoms with Gasteiger partial charge < -0.3 is 16.8 Å². The predicted molar refractivity (Wildman–Crippen MR) is 58.1 cm³/mol. The first-order chi connectivity index (χ1) is 6.52. The summed E-state index contributed by atoms with van der Waals surface area (Å²) in [6.45, 7) is 1.66. The lowest BCUT2D eigenvalue weighted by Gasteiger charge is -2.14. The Balaban J connectivity index is 2.87. The van der Waals surface area contributed by atoms with Gasteiger partial charge in [0.2, 0.25) is 5.91 Å². The molecular weight excluding hydrogens is 202 g/mol. The third kappa shape index (κ3) is 2.29. The number of hydrogen-bond acceptors (Lipinski definition) is 3. The highest BCUT2D eigenvalue weighted by Gasteiger charge is 2.10. The van der Waals surface area contributed by atoms with Crippen LogP contribution in [-0.4, -0.2) is 11.9 Å². The van der Waals surface area contributed by atoms with Gasteiger partial charge in [0.25, 0.3) is 0 Å². The lowest BCUT2D eigenvalue weighted by Crippen LogP contribution is -2.32. The molecule has 0 spiro atoms. The van der Waals surface area contributed by atoms with E-state index in [2.05, 4.69) is 5.32 Å². The van der Waals surface area contributed by atoms with Crippen LogP contribution < -0.4 is 16.8 Å². The largest absolute Gasteiger partial charge is 0.396 e. The molecule has 1 rings (SSSR count). The van der Waals surface area contributed by atoms with Crippen molar-refractivity contribution in [2.24, 2.45) is 5.73 Å². The van der Waals surface area contributed by atoms with Crippen LogP contribution in [0.4, 0.5) is 11.4 Å². The molecule has 76 valence electrons. The van der Waals surface area contributed by atoms with Gasteiger partial charge in [0, 0.05) is 0 Å². The van der Waals surface area contributed by atoms with Crippen molar-refractivity contribution in [3.05, 3.63) is 23.2 Å². The quantitative estimate of drug-likeness (QED) is 0.660. The van der Waals surface area contributed by atoms with E-state index in [4.69, 9.17) is 23.1 Å². The van der Waals surface area contributed by atoms with Crippen molar-refractivity contribution in [2.75, 3.05) is 11.1 Å². The maximum atomic E-state index is 10.8. The molecule has 1 amide bonds. The van der Waals surface area contributed by atoms with Crippen LogP contribution in [0, 0.1) is 0 Å². The van der Waals surface area contributed by atoms with Crippen LogP contribution in [0.1, 0.15) is 6.92 Å². The summed E-state index contributed by atoms with van der Waals surface area (Å²) in [4.78, 5) is 10.8. The molecule has 0 saturated heterocycles. The number of carbonyl (C=O) groups is 1. The zero-order valence-electron chi connectivity index (χ0n) is 7.75. The molecule has 0 aliphatic carbocycles. The van der Waals surface area contributed by atoms with Gasteiger partial charge in [-0.15, -0.1) is 0 Å². The van der Waals surface area contributed by atoms with Crippen molar-refractivity contribution in [3.63, 3.8) is 0 Å². The summed E-state index contributed by atoms with van der Waals surface area (Å²) in [5, 5.41) is 3.32. The second-order valence-electron chi connectivity index (χ2n) is 2.97. The Labute approximate surface area is 87.2 Å². The van der Waals surface area contributed by atoms with E-state index in [0.717, 1.165) is 0 Å². The van der Waals surface area contributed by atoms with Gasteiger partial charge in [0.05, 0.1) is 16.4 Å². The Morgan fingerprint density at radius 1 is 1.57 bits per heavy atom. The van der Waals surface area contributed by atoms with Crippen LogP contribution in [0.5, 0.6) is 0 Å². The topological polar surface area (TPSA) is 81.1 Å². The van der Waals surface area contributed by atoms with E-state index in [1.54, 1.807) is 25.1 Å². The van der Waals surface area contributed by atoms with Gasteiger partial charge in [-0.3, -0.25) is 4.79 Å². The van der Waals surface area contributed by atoms with Gasteiger partial charge in [-0.2, -0.15) is 0 Å². The molecule has 14 heavy (non-hydrogen) atoms. The van der Waals surface area contributed by atoms with Crippen LogP contribution >= 0.6 is 11.6 Å². The molecule has 5 N–H and O–H groups in total. The summed E-state index contributed by atoms with van der Waals surface area (Å²) in [5.41, 5.74) is 11.8. The van der Waals surface area contributed by atoms with Gasteiger partial charge in [-0.25, -0.2) is 0 Å². The monoisotopic (exact) mass is 213 g/mol. The molecule has 0 fully saturated rings. The molecule has 1 atom stereocenters. The third-order valence-corrected chi connectivity index (χ3v) is 2.18. The Hall–Kier alpha value is -1.42. The summed E-state index contributed by atoms with van der Waals surface area (Å²) in [5.74, 6) is -0.440. The van der Waals surface area contributed by atoms with Gasteiger partial charge in [-0.1, -0.05) is 17.7 Å². The predicted octanol–water partition coefficient (Wildman–Crippen LogP) is 1.21. The van der Waals surface area contributed by atoms with Crippen LogP contribution in [-0.2, 0) is 4.79 Å². The Bertz CT molecular complexity index is 354. The van der Waals surface area contributed by atoms with Crippen molar-refractivity contribution in [1.29, 1.82) is 0 Å². The molecule has 1 unspecified atom stereocenters. The van der Waals surface area contributed by atoms with E-state index in [9.17, 15) is 4.79 Å². The number of nitrogen functional groups attached to an aromatic ring is 1. The number of hydrogen-bond donors (Lipinski definition) is 3. The first kappa shape index (κ1) is 10.7. The van der Waals surface area contributed by atoms with Gasteiger partial charge >= 0.3 is 0 Å². The number of carbonyl (C=O) groups excluding carboxylic acids is 1. The minimum absolute atomic E-state index is 0.419. The van der Waals surface area contributed by atoms with Crippen molar-refractivity contribution in [1.82, 2.24) is 0 Å². The van der Waals surface area contributed by atoms with Crippen LogP contribution in [0.25, 0.3) is 0 Å². The normalized spacial score (nSPS) is 12.1. The van der Waals surface area contributed by atoms with Crippen molar-refractivity contribution >= 4 is 28.9 Å². The molecule has 1 aromatic rings. The Morgan fingerprint density at radius 2 is 2.21 bits per heavy atom. The van der Waals surface area contributed by atoms with Crippen LogP contribution in [0.15, 0.2) is 18.2 Å². The molecule has 4 nitrogen and oxygen atoms in total. The molecule has 5 heteroatoms. The van der Waals surface area contributed by atoms with E-state index in [-0.39, 0.29) is 0 Å². The number of rotatable bonds is 3. The molecule has 0 saturated carbocycles. The zero-order valence-corrected chi connectivity index (χ0v) is 8.51. The first-order valence-corrected chi connectivity index (χ1v) is 4.50. The lowest BCUT2D eigenvalue weighted by molar-refractivity contribution is -0.118. The van der Waals surface area contributed by atoms with E-state index < -0.39 is 11.9 Å². The highest BCUT2D eigenvalue weighted by Crippen LogP contribution is 2.26. The van der Waals surface area contributed by atoms with E-state index in [1.807, 2.05) is 0 Å². The molecule has 0 aromatic heterocycles. The Morgan fingerprint density at radius 3 is 2.79 bits per heavy atom. The highest BCUT2D eigenvalue weighted by atomic mass is 35.5. The maximum Gasteiger partial charge on any atom is 0.239 e. The third-order valence-electron chi connectivity index (χ3n) is 1.85. The zero-order chi connectivity index (χ0) is 10.7. The second-order valence-corrected chi connectivity index (χ2v) is 3.38. The van der Waals surface area contributed by atoms with Crippen molar-refractivity contribution < 1.29 is 4.79 Å². The standard InChI is InChI=1S/C9H12ClN3O/c1-5(9(12)14)13-7-4-2-3-6(10)8(7)11/h2-5,13H,11H2,1H3,(H2,12,14). The molecule has 0 radical (unpaired) electrons. The molecule has 1 aromatic carbocycles. The van der Waals surface area contributed by atoms with Crippen LogP contribution in [0.2, 0.25) is 5.02 Å². The van der Waals surface area contributed by atoms with E-state index in [1.165, 1.54) is 0 Å². The fourth-order valence-corrected chi connectivity index (χ4v) is 1.14. The maximum absolute atomic E-state index is 10.8. The van der Waals surface area contributed by atoms with E-state index >= 15 is 0 Å². The van der Waals surface area contributed by atoms with Gasteiger partial charge in [0.15, 0.2) is 0 Å². The second kappa shape index (κ2) is 4.19. The molecule has 0 aliphatic heterocycles. The minimum atomic E-state index is -0.476. The van der Waals surface area contributed by atoms with Gasteiger partial charge in [0.1, 0.15) is 6.04 Å². The number of nitrogens with one attached hydrogen (secondary N) is 1. The molecule has 0 bridgehead atoms. The molecule has 0 aliphatic rings. The summed E-state index contributed by atoms with van der Waals surface area (Å²) >= 11 is 5.80. The number of anilines is 2. The molecule has 0 heterocycles. The summed E-state index contributed by atoms with van der Waals surface area (Å²) in [7, 11) is 0. The first-order valence-electron chi connectivity index (χ1n) is 4.12. The summed E-state index contributed by atoms with van der Waals surface area (Å²) < 4.78 is 0. The fraction of sp³-hybridized carbons (Fsp3) is 0.222. The fourth-order valence-electron chi connectivity index (χ4n) is 0.967. The summed E-state index contributed by atoms with van der Waals surface area (Å²) in [6.07, 6.45) is 0. The number of amides is 1. The number of benzene rings is 1. The van der Waals surface area contributed by atoms with Crippen molar-refractivity contribution in [2.45, 2.75) is 13.0 Å². The number of halogens is 1. The van der Waals surface area contributed by atoms with Gasteiger partial charge in [-0.05, 0) is 19.1 Å². The highest BCUT2D eigenvalue weighted by molar-refractivity contribution is 6.33. The van der Waals surface area contributed by atoms with Crippen LogP contribution in [0.3, 0.4) is 0 Å². The SMILES string of the molecule is CC(Nc1cccc(Cl)c1N)C(N)=O. The summed E-state index contributed by atoms with van der Waals surface area (Å²) in [6, 6.07) is 4.68. The average Bonchev–Trinajstić information content (AvgIpc) is 2.12. The smallest absolute Gasteiger partial charge is 0.239 e. The lowest BCUT2D eigenvalue weighted by atomic mass is 10.2. The van der Waals surface area contributed by atoms with E-state index in [0.29, 0.717) is 16.4 Å². The number of nitrogens with two attached hydrogens (primary N) is 2. The average molecular weight is 214 g/mol. The molecular formula is C9H12ClN3O. The number of para-hydroxylation sites is 1. The number of primary amides is 1. The minimum Gasteiger partial charge on any atom is -0.396 e. The van der Waals surface area contributed by atoms with Crippen molar-refractivity contribution in [3.8, 4) is 0 Å².